The van der Waals surface area contributed by atoms with Crippen molar-refractivity contribution in [1.82, 2.24) is 19.9 Å². The first-order valence-electron chi connectivity index (χ1n) is 24.4. The molecule has 0 bridgehead atoms. The maximum absolute atomic E-state index is 16.3. The van der Waals surface area contributed by atoms with Gasteiger partial charge in [0.15, 0.2) is 6.29 Å². The molecule has 24 heteroatoms. The molecule has 6 aromatic rings. The van der Waals surface area contributed by atoms with E-state index in [2.05, 4.69) is 30.6 Å². The average molecular weight is 1100 g/mol. The van der Waals surface area contributed by atoms with Crippen LogP contribution in [0.3, 0.4) is 0 Å². The molecule has 2 amide bonds. The Bertz CT molecular complexity index is 3310. The van der Waals surface area contributed by atoms with Crippen molar-refractivity contribution >= 4 is 23.2 Å². The number of aryl methyl sites for hydroxylation is 2. The fourth-order valence-corrected chi connectivity index (χ4v) is 10.5. The van der Waals surface area contributed by atoms with Crippen LogP contribution in [0.15, 0.2) is 97.3 Å². The summed E-state index contributed by atoms with van der Waals surface area (Å²) in [5.74, 6) is -11.0. The maximum Gasteiger partial charge on any atom is 0.433 e. The first-order chi connectivity index (χ1) is 37.0. The molecule has 78 heavy (non-hydrogen) atoms. The van der Waals surface area contributed by atoms with Crippen molar-refractivity contribution in [3.8, 4) is 34.0 Å². The molecule has 10 rings (SSSR count). The van der Waals surface area contributed by atoms with Crippen LogP contribution in [0.1, 0.15) is 67.5 Å². The van der Waals surface area contributed by atoms with Gasteiger partial charge in [0.25, 0.3) is 23.7 Å². The molecule has 5 atom stereocenters. The van der Waals surface area contributed by atoms with Gasteiger partial charge in [-0.25, -0.2) is 27.5 Å². The highest BCUT2D eigenvalue weighted by molar-refractivity contribution is 6.05. The van der Waals surface area contributed by atoms with E-state index in [9.17, 15) is 41.0 Å². The number of hydrogen-bond donors (Lipinski definition) is 3. The van der Waals surface area contributed by atoms with Crippen molar-refractivity contribution in [2.24, 2.45) is 11.8 Å². The molecule has 1 unspecified atom stereocenters. The third kappa shape index (κ3) is 9.98. The van der Waals surface area contributed by atoms with E-state index in [0.717, 1.165) is 24.5 Å². The largest absolute Gasteiger partial charge is 0.475 e. The summed E-state index contributed by atoms with van der Waals surface area (Å²) in [6, 6.07) is 18.7. The zero-order chi connectivity index (χ0) is 55.6. The Morgan fingerprint density at radius 3 is 1.67 bits per heavy atom. The zero-order valence-electron chi connectivity index (χ0n) is 41.2. The monoisotopic (exact) mass is 1100 g/mol. The topological polar surface area (TPSA) is 176 Å². The molecule has 2 saturated heterocycles. The van der Waals surface area contributed by atoms with Gasteiger partial charge in [-0.15, -0.1) is 0 Å². The zero-order valence-corrected chi connectivity index (χ0v) is 41.2. The van der Waals surface area contributed by atoms with Gasteiger partial charge in [-0.05, 0) is 114 Å². The number of ether oxygens (including phenoxy) is 5. The van der Waals surface area contributed by atoms with Gasteiger partial charge in [-0.1, -0.05) is 12.1 Å². The lowest BCUT2D eigenvalue weighted by Gasteiger charge is -2.28. The number of anilines is 2. The standard InChI is InChI=1S/C54H46F10N6O8/c1-28-3-5-34(67-47(72)30-7-10-65-42(17-30)53(59,60)61)23-36(28)32-19-40(49-9-13-74-26-38(49)51(49,55)56)69-45(22-32)76-15-16-77-46-25-50(39(27-78-46)52(50,57)58)41-20-33(21-44(70-41)75-14-12-71)37-24-35(6-4-29(37)2)68-48(73)31-8-11-66-43(18-31)54(62,63)64/h3-8,10-11,17-24,38-39,46,71H,9,12-16,25-27H2,1-2H3,(H,67,72)(H,68,73)/t38-,39+,46?,49+,50-/m0/s1. The highest BCUT2D eigenvalue weighted by Crippen LogP contribution is 2.71. The van der Waals surface area contributed by atoms with Crippen LogP contribution in [0, 0.1) is 25.7 Å². The molecule has 14 nitrogen and oxygen atoms in total. The summed E-state index contributed by atoms with van der Waals surface area (Å²) in [5, 5.41) is 14.7. The summed E-state index contributed by atoms with van der Waals surface area (Å²) in [6.45, 7) is 1.58. The number of carbonyl (C=O) groups is 2. The molecule has 3 N–H and O–H groups in total. The van der Waals surface area contributed by atoms with E-state index in [-0.39, 0.29) is 85.1 Å². The summed E-state index contributed by atoms with van der Waals surface area (Å²) in [5.41, 5.74) is -3.77. The van der Waals surface area contributed by atoms with Crippen LogP contribution in [0.2, 0.25) is 0 Å². The quantitative estimate of drug-likeness (QED) is 0.0619. The number of hydrogen-bond acceptors (Lipinski definition) is 12. The Morgan fingerprint density at radius 1 is 0.654 bits per heavy atom. The normalized spacial score (nSPS) is 22.9. The van der Waals surface area contributed by atoms with Crippen LogP contribution < -0.4 is 20.1 Å². The number of benzene rings is 2. The average Bonchev–Trinajstić information content (AvgIpc) is 3.92. The number of nitrogens with one attached hydrogen (secondary N) is 2. The van der Waals surface area contributed by atoms with Gasteiger partial charge in [0.2, 0.25) is 11.8 Å². The van der Waals surface area contributed by atoms with Gasteiger partial charge >= 0.3 is 12.4 Å². The third-order valence-electron chi connectivity index (χ3n) is 14.7. The molecule has 0 spiro atoms. The Hall–Kier alpha value is -7.28. The Labute approximate surface area is 437 Å². The van der Waals surface area contributed by atoms with Gasteiger partial charge in [-0.3, -0.25) is 19.6 Å². The molecule has 410 valence electrons. The number of aliphatic hydroxyl groups excluding tert-OH is 1. The highest BCUT2D eigenvalue weighted by Gasteiger charge is 2.84. The first kappa shape index (κ1) is 54.1. The molecule has 0 radical (unpaired) electrons. The van der Waals surface area contributed by atoms with Gasteiger partial charge < -0.3 is 39.4 Å². The van der Waals surface area contributed by atoms with Crippen molar-refractivity contribution < 1.29 is 82.3 Å². The smallest absolute Gasteiger partial charge is 0.433 e. The molecule has 6 heterocycles. The van der Waals surface area contributed by atoms with E-state index in [1.807, 2.05) is 0 Å². The predicted molar refractivity (Wildman–Crippen MR) is 257 cm³/mol. The van der Waals surface area contributed by atoms with Gasteiger partial charge in [-0.2, -0.15) is 26.3 Å². The Kier molecular flexibility index (Phi) is 14.0. The molecule has 2 aromatic carbocycles. The molecule has 4 aromatic heterocycles. The van der Waals surface area contributed by atoms with Crippen LogP contribution in [0.5, 0.6) is 11.8 Å². The fraction of sp³-hybridized carbons (Fsp3) is 0.370. The summed E-state index contributed by atoms with van der Waals surface area (Å²) in [7, 11) is 0. The number of halogens is 10. The van der Waals surface area contributed by atoms with E-state index < -0.39 is 96.0 Å². The van der Waals surface area contributed by atoms with Crippen LogP contribution >= 0.6 is 0 Å². The minimum Gasteiger partial charge on any atom is -0.475 e. The van der Waals surface area contributed by atoms with Crippen LogP contribution in [-0.2, 0) is 37.4 Å². The van der Waals surface area contributed by atoms with E-state index in [0.29, 0.717) is 45.5 Å². The minimum absolute atomic E-state index is 0.00994. The van der Waals surface area contributed by atoms with Crippen molar-refractivity contribution in [3.63, 3.8) is 0 Å². The minimum atomic E-state index is -4.80. The van der Waals surface area contributed by atoms with Crippen LogP contribution in [-0.4, -0.2) is 101 Å². The molecule has 4 aliphatic rings. The number of carbonyl (C=O) groups excluding carboxylic acids is 2. The second kappa shape index (κ2) is 20.2. The van der Waals surface area contributed by atoms with Gasteiger partial charge in [0.1, 0.15) is 24.6 Å². The van der Waals surface area contributed by atoms with Crippen LogP contribution in [0.4, 0.5) is 55.3 Å². The fourth-order valence-electron chi connectivity index (χ4n) is 10.5. The van der Waals surface area contributed by atoms with E-state index in [1.165, 1.54) is 48.5 Å². The van der Waals surface area contributed by atoms with Crippen molar-refractivity contribution in [3.05, 3.63) is 142 Å². The number of pyridine rings is 4. The number of rotatable bonds is 16. The number of aliphatic hydroxyl groups is 1. The summed E-state index contributed by atoms with van der Waals surface area (Å²) in [6.07, 6.45) is -9.59. The Morgan fingerprint density at radius 2 is 1.15 bits per heavy atom. The molecular weight excluding hydrogens is 1050 g/mol. The molecule has 2 saturated carbocycles. The number of aromatic nitrogens is 4. The number of amides is 2. The van der Waals surface area contributed by atoms with Crippen molar-refractivity contribution in [1.29, 1.82) is 0 Å². The predicted octanol–water partition coefficient (Wildman–Crippen LogP) is 10.4. The maximum atomic E-state index is 16.3. The number of nitrogens with zero attached hydrogens (tertiary/aromatic N) is 4. The van der Waals surface area contributed by atoms with E-state index in [4.69, 9.17) is 23.7 Å². The van der Waals surface area contributed by atoms with Gasteiger partial charge in [0, 0.05) is 60.1 Å². The SMILES string of the molecule is Cc1ccc(NC(=O)c2ccnc(C(F)(F)F)c2)cc1-c1cc(OCCOC2C[C@@]3(c4cc(-c5cc(NC(=O)c6ccnc(C(F)(F)F)c6)ccc5C)cc(OCCO)n4)[C@@H](CO2)C3(F)F)nc([C@@]23CCOC[C@@H]2C3(F)F)c1. The van der Waals surface area contributed by atoms with Crippen molar-refractivity contribution in [2.45, 2.75) is 68.0 Å². The first-order valence-corrected chi connectivity index (χ1v) is 24.4. The summed E-state index contributed by atoms with van der Waals surface area (Å²) >= 11 is 0. The third-order valence-corrected chi connectivity index (χ3v) is 14.7. The second-order valence-corrected chi connectivity index (χ2v) is 19.4. The van der Waals surface area contributed by atoms with Gasteiger partial charge in [0.05, 0.1) is 60.5 Å². The Balaban J connectivity index is 0.877. The molecular formula is C54H46F10N6O8. The van der Waals surface area contributed by atoms with E-state index >= 15 is 17.6 Å². The van der Waals surface area contributed by atoms with E-state index in [1.54, 1.807) is 26.0 Å². The number of alkyl halides is 10. The van der Waals surface area contributed by atoms with Crippen LogP contribution in [0.25, 0.3) is 22.3 Å². The number of fused-ring (bicyclic) bond motifs is 2. The molecule has 2 aliphatic heterocycles. The molecule has 2 aliphatic carbocycles. The lowest BCUT2D eigenvalue weighted by Crippen LogP contribution is -2.34. The highest BCUT2D eigenvalue weighted by atomic mass is 19.4. The lowest BCUT2D eigenvalue weighted by molar-refractivity contribution is -0.172. The van der Waals surface area contributed by atoms with Crippen molar-refractivity contribution in [2.75, 3.05) is 56.9 Å². The lowest BCUT2D eigenvalue weighted by atomic mass is 9.89. The summed E-state index contributed by atoms with van der Waals surface area (Å²) in [4.78, 5) is 41.9. The second-order valence-electron chi connectivity index (χ2n) is 19.4. The summed E-state index contributed by atoms with van der Waals surface area (Å²) < 4.78 is 173. The molecule has 4 fully saturated rings.